The molecule has 1 aromatic heterocycles. The molecule has 19 heavy (non-hydrogen) atoms. The Bertz CT molecular complexity index is 523. The Hall–Kier alpha value is -1.81. The predicted molar refractivity (Wildman–Crippen MR) is 76.7 cm³/mol. The molecule has 0 saturated heterocycles. The first-order valence-electron chi connectivity index (χ1n) is 6.40. The Labute approximate surface area is 114 Å². The van der Waals surface area contributed by atoms with Crippen LogP contribution in [0.4, 0.5) is 0 Å². The van der Waals surface area contributed by atoms with Crippen LogP contribution in [0.15, 0.2) is 36.8 Å². The number of methoxy groups -OCH3 is 1. The van der Waals surface area contributed by atoms with Crippen LogP contribution in [0.5, 0.6) is 5.75 Å². The second-order valence-corrected chi connectivity index (χ2v) is 5.56. The van der Waals surface area contributed by atoms with Crippen molar-refractivity contribution in [3.05, 3.63) is 42.5 Å². The molecule has 0 unspecified atom stereocenters. The van der Waals surface area contributed by atoms with Crippen molar-refractivity contribution in [1.82, 2.24) is 14.9 Å². The smallest absolute Gasteiger partial charge is 0.119 e. The first-order chi connectivity index (χ1) is 8.99. The van der Waals surface area contributed by atoms with Gasteiger partial charge in [0.25, 0.3) is 0 Å². The lowest BCUT2D eigenvalue weighted by molar-refractivity contribution is 0.414. The third-order valence-corrected chi connectivity index (χ3v) is 2.87. The van der Waals surface area contributed by atoms with Crippen molar-refractivity contribution < 1.29 is 4.74 Å². The van der Waals surface area contributed by atoms with Crippen LogP contribution in [0.3, 0.4) is 0 Å². The number of hydrogen-bond donors (Lipinski definition) is 1. The Morgan fingerprint density at radius 2 is 1.89 bits per heavy atom. The fourth-order valence-corrected chi connectivity index (χ4v) is 1.78. The van der Waals surface area contributed by atoms with Crippen molar-refractivity contribution in [2.45, 2.75) is 32.9 Å². The van der Waals surface area contributed by atoms with Crippen molar-refractivity contribution in [3.8, 4) is 11.4 Å². The van der Waals surface area contributed by atoms with Crippen LogP contribution in [0.2, 0.25) is 0 Å². The van der Waals surface area contributed by atoms with Gasteiger partial charge in [-0.3, -0.25) is 0 Å². The highest BCUT2D eigenvalue weighted by Gasteiger charge is 2.11. The summed E-state index contributed by atoms with van der Waals surface area (Å²) in [6, 6.07) is 7.97. The number of nitrogens with one attached hydrogen (secondary N) is 1. The number of nitrogens with zero attached hydrogens (tertiary/aromatic N) is 2. The summed E-state index contributed by atoms with van der Waals surface area (Å²) in [7, 11) is 1.67. The lowest BCUT2D eigenvalue weighted by Gasteiger charge is -2.21. The molecule has 2 rings (SSSR count). The van der Waals surface area contributed by atoms with Crippen LogP contribution >= 0.6 is 0 Å². The molecule has 1 aromatic carbocycles. The van der Waals surface area contributed by atoms with E-state index in [1.165, 1.54) is 0 Å². The molecule has 0 saturated carbocycles. The summed E-state index contributed by atoms with van der Waals surface area (Å²) < 4.78 is 7.25. The van der Waals surface area contributed by atoms with Crippen LogP contribution in [0.1, 0.15) is 26.5 Å². The zero-order chi connectivity index (χ0) is 13.9. The molecule has 0 radical (unpaired) electrons. The number of rotatable bonds is 4. The van der Waals surface area contributed by atoms with Crippen molar-refractivity contribution in [2.24, 2.45) is 0 Å². The average Bonchev–Trinajstić information content (AvgIpc) is 2.84. The Morgan fingerprint density at radius 1 is 1.21 bits per heavy atom. The van der Waals surface area contributed by atoms with Crippen molar-refractivity contribution in [1.29, 1.82) is 0 Å². The van der Waals surface area contributed by atoms with Gasteiger partial charge in [-0.15, -0.1) is 0 Å². The van der Waals surface area contributed by atoms with Gasteiger partial charge in [-0.2, -0.15) is 0 Å². The number of ether oxygens (including phenoxy) is 1. The van der Waals surface area contributed by atoms with Crippen LogP contribution in [0, 0.1) is 0 Å². The van der Waals surface area contributed by atoms with Gasteiger partial charge in [-0.1, -0.05) is 0 Å². The van der Waals surface area contributed by atoms with Gasteiger partial charge in [0.2, 0.25) is 0 Å². The molecule has 0 aliphatic carbocycles. The number of hydrogen-bond acceptors (Lipinski definition) is 3. The van der Waals surface area contributed by atoms with Crippen LogP contribution < -0.4 is 10.1 Å². The summed E-state index contributed by atoms with van der Waals surface area (Å²) >= 11 is 0. The van der Waals surface area contributed by atoms with Crippen LogP contribution in [-0.4, -0.2) is 22.2 Å². The van der Waals surface area contributed by atoms with Gasteiger partial charge < -0.3 is 14.6 Å². The highest BCUT2D eigenvalue weighted by Crippen LogP contribution is 2.16. The van der Waals surface area contributed by atoms with E-state index in [9.17, 15) is 0 Å². The summed E-state index contributed by atoms with van der Waals surface area (Å²) in [6.45, 7) is 7.25. The highest BCUT2D eigenvalue weighted by molar-refractivity contribution is 5.38. The lowest BCUT2D eigenvalue weighted by Crippen LogP contribution is -2.35. The minimum absolute atomic E-state index is 0.0923. The molecule has 0 amide bonds. The van der Waals surface area contributed by atoms with Gasteiger partial charge in [0.15, 0.2) is 0 Å². The van der Waals surface area contributed by atoms with E-state index in [0.717, 1.165) is 23.7 Å². The Morgan fingerprint density at radius 3 is 2.47 bits per heavy atom. The molecule has 4 nitrogen and oxygen atoms in total. The van der Waals surface area contributed by atoms with E-state index in [0.29, 0.717) is 0 Å². The molecule has 0 atom stereocenters. The summed E-state index contributed by atoms with van der Waals surface area (Å²) in [5.74, 6) is 0.859. The normalized spacial score (nSPS) is 11.6. The van der Waals surface area contributed by atoms with Crippen LogP contribution in [0.25, 0.3) is 5.69 Å². The molecular formula is C15H21N3O. The first-order valence-corrected chi connectivity index (χ1v) is 6.40. The van der Waals surface area contributed by atoms with E-state index in [2.05, 4.69) is 35.6 Å². The summed E-state index contributed by atoms with van der Waals surface area (Å²) in [5.41, 5.74) is 2.32. The number of aromatic nitrogens is 2. The zero-order valence-corrected chi connectivity index (χ0v) is 12.0. The van der Waals surface area contributed by atoms with E-state index in [-0.39, 0.29) is 5.54 Å². The van der Waals surface area contributed by atoms with E-state index < -0.39 is 0 Å². The highest BCUT2D eigenvalue weighted by atomic mass is 16.5. The molecule has 2 aromatic rings. The third-order valence-electron chi connectivity index (χ3n) is 2.87. The van der Waals surface area contributed by atoms with Gasteiger partial charge in [0.05, 0.1) is 19.1 Å². The van der Waals surface area contributed by atoms with Gasteiger partial charge in [0, 0.05) is 24.0 Å². The summed E-state index contributed by atoms with van der Waals surface area (Å²) in [5, 5.41) is 3.47. The zero-order valence-electron chi connectivity index (χ0n) is 12.0. The standard InChI is InChI=1S/C15H21N3O/c1-15(2,3)17-10-13-9-16-11-18(13)12-5-7-14(19-4)8-6-12/h5-9,11,17H,10H2,1-4H3. The fraction of sp³-hybridized carbons (Fsp3) is 0.400. The maximum atomic E-state index is 5.17. The first kappa shape index (κ1) is 13.6. The Balaban J connectivity index is 2.18. The number of imidazole rings is 1. The molecule has 1 heterocycles. The molecule has 0 aliphatic rings. The van der Waals surface area contributed by atoms with Gasteiger partial charge >= 0.3 is 0 Å². The summed E-state index contributed by atoms with van der Waals surface area (Å²) in [4.78, 5) is 4.23. The number of benzene rings is 1. The maximum absolute atomic E-state index is 5.17. The van der Waals surface area contributed by atoms with Gasteiger partial charge in [0.1, 0.15) is 5.75 Å². The molecule has 0 spiro atoms. The molecule has 102 valence electrons. The largest absolute Gasteiger partial charge is 0.497 e. The fourth-order valence-electron chi connectivity index (χ4n) is 1.78. The van der Waals surface area contributed by atoms with Crippen LogP contribution in [-0.2, 0) is 6.54 Å². The van der Waals surface area contributed by atoms with E-state index in [4.69, 9.17) is 4.74 Å². The molecule has 0 aliphatic heterocycles. The van der Waals surface area contributed by atoms with Crippen molar-refractivity contribution >= 4 is 0 Å². The SMILES string of the molecule is COc1ccc(-n2cncc2CNC(C)(C)C)cc1. The van der Waals surface area contributed by atoms with E-state index in [1.807, 2.05) is 36.8 Å². The van der Waals surface area contributed by atoms with E-state index >= 15 is 0 Å². The Kier molecular flexibility index (Phi) is 3.90. The van der Waals surface area contributed by atoms with Gasteiger partial charge in [-0.05, 0) is 45.0 Å². The second kappa shape index (κ2) is 5.45. The molecular weight excluding hydrogens is 238 g/mol. The molecule has 0 bridgehead atoms. The monoisotopic (exact) mass is 259 g/mol. The van der Waals surface area contributed by atoms with E-state index in [1.54, 1.807) is 7.11 Å². The lowest BCUT2D eigenvalue weighted by atomic mass is 10.1. The minimum Gasteiger partial charge on any atom is -0.497 e. The molecule has 0 fully saturated rings. The molecule has 1 N–H and O–H groups in total. The van der Waals surface area contributed by atoms with Crippen molar-refractivity contribution in [3.63, 3.8) is 0 Å². The average molecular weight is 259 g/mol. The predicted octanol–water partition coefficient (Wildman–Crippen LogP) is 2.77. The van der Waals surface area contributed by atoms with Gasteiger partial charge in [-0.25, -0.2) is 4.98 Å². The topological polar surface area (TPSA) is 39.1 Å². The third kappa shape index (κ3) is 3.58. The maximum Gasteiger partial charge on any atom is 0.119 e. The molecule has 4 heteroatoms. The van der Waals surface area contributed by atoms with Crippen molar-refractivity contribution in [2.75, 3.05) is 7.11 Å². The second-order valence-electron chi connectivity index (χ2n) is 5.56. The quantitative estimate of drug-likeness (QED) is 0.917. The minimum atomic E-state index is 0.0923. The summed E-state index contributed by atoms with van der Waals surface area (Å²) in [6.07, 6.45) is 3.73.